The van der Waals surface area contributed by atoms with E-state index >= 15 is 0 Å². The van der Waals surface area contributed by atoms with Gasteiger partial charge in [0.15, 0.2) is 0 Å². The minimum atomic E-state index is -3.79. The minimum absolute atomic E-state index is 0.0193. The third-order valence-electron chi connectivity index (χ3n) is 4.37. The van der Waals surface area contributed by atoms with Crippen molar-refractivity contribution in [2.45, 2.75) is 35.5 Å². The molecule has 0 aromatic heterocycles. The highest BCUT2D eigenvalue weighted by Gasteiger charge is 2.34. The van der Waals surface area contributed by atoms with Crippen molar-refractivity contribution in [3.63, 3.8) is 0 Å². The van der Waals surface area contributed by atoms with Gasteiger partial charge in [-0.3, -0.25) is 9.59 Å². The predicted molar refractivity (Wildman–Crippen MR) is 96.1 cm³/mol. The zero-order valence-electron chi connectivity index (χ0n) is 14.1. The molecule has 1 aliphatic heterocycles. The quantitative estimate of drug-likeness (QED) is 0.786. The number of fused-ring (bicyclic) bond motifs is 2. The number of aliphatic carboxylic acids is 1. The van der Waals surface area contributed by atoms with Crippen LogP contribution in [-0.2, 0) is 14.6 Å². The smallest absolute Gasteiger partial charge is 0.303 e. The molecule has 1 N–H and O–H groups in total. The fraction of sp³-hybridized carbons (Fsp3) is 0.263. The number of benzene rings is 2. The Morgan fingerprint density at radius 1 is 0.923 bits per heavy atom. The minimum Gasteiger partial charge on any atom is -0.481 e. The van der Waals surface area contributed by atoms with Gasteiger partial charge in [0.05, 0.1) is 21.0 Å². The summed E-state index contributed by atoms with van der Waals surface area (Å²) in [7, 11) is -3.79. The third kappa shape index (κ3) is 3.35. The molecule has 0 saturated carbocycles. The molecule has 1 amide bonds. The van der Waals surface area contributed by atoms with Crippen LogP contribution in [0.15, 0.2) is 58.3 Å². The molecule has 3 rings (SSSR count). The molecule has 0 bridgehead atoms. The van der Waals surface area contributed by atoms with E-state index in [1.165, 1.54) is 23.1 Å². The molecule has 1 aliphatic rings. The molecule has 0 atom stereocenters. The molecular formula is C19H19NO5S. The van der Waals surface area contributed by atoms with E-state index in [4.69, 9.17) is 5.11 Å². The summed E-state index contributed by atoms with van der Waals surface area (Å²) in [6, 6.07) is 12.7. The van der Waals surface area contributed by atoms with Crippen LogP contribution >= 0.6 is 0 Å². The molecule has 2 aromatic carbocycles. The monoisotopic (exact) mass is 373 g/mol. The van der Waals surface area contributed by atoms with Crippen LogP contribution in [0.25, 0.3) is 0 Å². The van der Waals surface area contributed by atoms with E-state index in [2.05, 4.69) is 0 Å². The van der Waals surface area contributed by atoms with E-state index < -0.39 is 15.8 Å². The van der Waals surface area contributed by atoms with E-state index in [0.29, 0.717) is 31.5 Å². The Morgan fingerprint density at radius 3 is 2.31 bits per heavy atom. The average Bonchev–Trinajstić information content (AvgIpc) is 2.70. The van der Waals surface area contributed by atoms with Crippen LogP contribution in [0.2, 0.25) is 0 Å². The molecule has 7 heteroatoms. The predicted octanol–water partition coefficient (Wildman–Crippen LogP) is 3.12. The number of sulfone groups is 1. The lowest BCUT2D eigenvalue weighted by molar-refractivity contribution is -0.137. The Labute approximate surface area is 152 Å². The molecule has 0 unspecified atom stereocenters. The number of unbranched alkanes of at least 4 members (excludes halogenated alkanes) is 2. The highest BCUT2D eigenvalue weighted by Crippen LogP contribution is 2.36. The third-order valence-corrected chi connectivity index (χ3v) is 6.23. The average molecular weight is 373 g/mol. The zero-order chi connectivity index (χ0) is 18.7. The van der Waals surface area contributed by atoms with Crippen molar-refractivity contribution in [2.75, 3.05) is 11.4 Å². The topological polar surface area (TPSA) is 91.8 Å². The number of carboxylic acids is 1. The maximum Gasteiger partial charge on any atom is 0.303 e. The van der Waals surface area contributed by atoms with E-state index in [-0.39, 0.29) is 27.7 Å². The van der Waals surface area contributed by atoms with Gasteiger partial charge in [-0.2, -0.15) is 0 Å². The SMILES string of the molecule is O=C(O)CCCCCN1C(=O)c2ccccc2S(=O)(=O)c2ccccc21. The molecule has 0 radical (unpaired) electrons. The molecule has 2 aromatic rings. The first kappa shape index (κ1) is 18.1. The number of para-hydroxylation sites is 1. The van der Waals surface area contributed by atoms with Crippen molar-refractivity contribution >= 4 is 27.4 Å². The molecule has 26 heavy (non-hydrogen) atoms. The molecule has 136 valence electrons. The number of amides is 1. The van der Waals surface area contributed by atoms with Crippen LogP contribution in [0.1, 0.15) is 36.0 Å². The summed E-state index contributed by atoms with van der Waals surface area (Å²) >= 11 is 0. The lowest BCUT2D eigenvalue weighted by atomic mass is 10.1. The standard InChI is InChI=1S/C19H19NO5S/c21-18(22)12-2-1-7-13-20-15-9-4-6-11-17(15)26(24,25)16-10-5-3-8-14(16)19(20)23/h3-6,8-11H,1-2,7,12-13H2,(H,21,22). The number of nitrogens with zero attached hydrogens (tertiary/aromatic N) is 1. The van der Waals surface area contributed by atoms with Crippen molar-refractivity contribution in [1.82, 2.24) is 0 Å². The number of anilines is 1. The largest absolute Gasteiger partial charge is 0.481 e. The Morgan fingerprint density at radius 2 is 1.58 bits per heavy atom. The van der Waals surface area contributed by atoms with Gasteiger partial charge in [0, 0.05) is 13.0 Å². The summed E-state index contributed by atoms with van der Waals surface area (Å²) in [5.74, 6) is -1.20. The lowest BCUT2D eigenvalue weighted by Crippen LogP contribution is -2.31. The van der Waals surface area contributed by atoms with Crippen molar-refractivity contribution in [2.24, 2.45) is 0 Å². The van der Waals surface area contributed by atoms with Crippen LogP contribution in [0.4, 0.5) is 5.69 Å². The normalized spacial score (nSPS) is 15.1. The Balaban J connectivity index is 1.97. The Kier molecular flexibility index (Phi) is 5.08. The van der Waals surface area contributed by atoms with E-state index in [1.807, 2.05) is 0 Å². The summed E-state index contributed by atoms with van der Waals surface area (Å²) in [6.45, 7) is 0.333. The Hall–Kier alpha value is -2.67. The second-order valence-corrected chi connectivity index (χ2v) is 8.02. The van der Waals surface area contributed by atoms with Crippen molar-refractivity contribution < 1.29 is 23.1 Å². The number of hydrogen-bond donors (Lipinski definition) is 1. The second kappa shape index (κ2) is 7.29. The van der Waals surface area contributed by atoms with Gasteiger partial charge >= 0.3 is 5.97 Å². The van der Waals surface area contributed by atoms with Gasteiger partial charge in [0.2, 0.25) is 9.84 Å². The second-order valence-electron chi connectivity index (χ2n) is 6.13. The van der Waals surface area contributed by atoms with Gasteiger partial charge in [-0.15, -0.1) is 0 Å². The van der Waals surface area contributed by atoms with Crippen LogP contribution < -0.4 is 4.90 Å². The molecule has 0 spiro atoms. The number of carboxylic acid groups (broad SMARTS) is 1. The van der Waals surface area contributed by atoms with Gasteiger partial charge in [-0.25, -0.2) is 8.42 Å². The van der Waals surface area contributed by atoms with Crippen LogP contribution in [-0.4, -0.2) is 31.9 Å². The summed E-state index contributed by atoms with van der Waals surface area (Å²) in [5.41, 5.74) is 0.529. The highest BCUT2D eigenvalue weighted by molar-refractivity contribution is 7.91. The van der Waals surface area contributed by atoms with Crippen LogP contribution in [0.5, 0.6) is 0 Å². The first-order valence-corrected chi connectivity index (χ1v) is 9.88. The lowest BCUT2D eigenvalue weighted by Gasteiger charge is -2.22. The Bertz CT molecular complexity index is 952. The van der Waals surface area contributed by atoms with Gasteiger partial charge in [0.25, 0.3) is 5.91 Å². The summed E-state index contributed by atoms with van der Waals surface area (Å²) in [6.07, 6.45) is 1.85. The molecule has 0 aliphatic carbocycles. The molecule has 1 heterocycles. The van der Waals surface area contributed by atoms with Gasteiger partial charge in [0.1, 0.15) is 0 Å². The van der Waals surface area contributed by atoms with Gasteiger partial charge < -0.3 is 10.0 Å². The maximum atomic E-state index is 13.0. The first-order chi connectivity index (χ1) is 12.4. The van der Waals surface area contributed by atoms with Crippen molar-refractivity contribution in [1.29, 1.82) is 0 Å². The summed E-state index contributed by atoms with van der Waals surface area (Å²) in [4.78, 5) is 25.2. The molecule has 0 saturated heterocycles. The van der Waals surface area contributed by atoms with E-state index in [1.54, 1.807) is 30.3 Å². The maximum absolute atomic E-state index is 13.0. The van der Waals surface area contributed by atoms with Crippen molar-refractivity contribution in [3.8, 4) is 0 Å². The van der Waals surface area contributed by atoms with Crippen LogP contribution in [0, 0.1) is 0 Å². The zero-order valence-corrected chi connectivity index (χ0v) is 14.9. The van der Waals surface area contributed by atoms with Gasteiger partial charge in [-0.1, -0.05) is 30.7 Å². The first-order valence-electron chi connectivity index (χ1n) is 8.40. The van der Waals surface area contributed by atoms with Crippen molar-refractivity contribution in [3.05, 3.63) is 54.1 Å². The van der Waals surface area contributed by atoms with Gasteiger partial charge in [-0.05, 0) is 37.1 Å². The molecule has 6 nitrogen and oxygen atoms in total. The number of rotatable bonds is 6. The van der Waals surface area contributed by atoms with Crippen LogP contribution in [0.3, 0.4) is 0 Å². The fourth-order valence-corrected chi connectivity index (χ4v) is 4.75. The molecule has 0 fully saturated rings. The number of carbonyl (C=O) groups excluding carboxylic acids is 1. The highest BCUT2D eigenvalue weighted by atomic mass is 32.2. The summed E-state index contributed by atoms with van der Waals surface area (Å²) < 4.78 is 26.0. The number of hydrogen-bond acceptors (Lipinski definition) is 4. The fourth-order valence-electron chi connectivity index (χ4n) is 3.10. The summed E-state index contributed by atoms with van der Waals surface area (Å²) in [5, 5.41) is 8.71. The van der Waals surface area contributed by atoms with E-state index in [0.717, 1.165) is 0 Å². The number of carbonyl (C=O) groups is 2. The van der Waals surface area contributed by atoms with E-state index in [9.17, 15) is 18.0 Å². The molecular weight excluding hydrogens is 354 g/mol.